The first-order valence-corrected chi connectivity index (χ1v) is 2.97. The van der Waals surface area contributed by atoms with E-state index in [-0.39, 0.29) is 10.4 Å². The third kappa shape index (κ3) is 1.29. The Morgan fingerprint density at radius 1 is 1.40 bits per heavy atom. The van der Waals surface area contributed by atoms with Crippen LogP contribution in [0.4, 0.5) is 4.48 Å². The first-order chi connectivity index (χ1) is 4.50. The second kappa shape index (κ2) is 2.00. The lowest BCUT2D eigenvalue weighted by Crippen LogP contribution is -2.13. The molecule has 56 valence electrons. The smallest absolute Gasteiger partial charge is 0.110 e. The minimum atomic E-state index is -0.232. The minimum absolute atomic E-state index is 0.0272. The van der Waals surface area contributed by atoms with Gasteiger partial charge in [0.2, 0.25) is 0 Å². The molecule has 1 rings (SSSR count). The molecule has 0 N–H and O–H groups in total. The highest BCUT2D eigenvalue weighted by Crippen LogP contribution is 2.15. The molecule has 1 heterocycles. The molecule has 0 unspecified atom stereocenters. The van der Waals surface area contributed by atoms with Gasteiger partial charge < -0.3 is 0 Å². The van der Waals surface area contributed by atoms with Crippen molar-refractivity contribution in [1.29, 1.82) is 0 Å². The van der Waals surface area contributed by atoms with Gasteiger partial charge in [-0.2, -0.15) is 0 Å². The van der Waals surface area contributed by atoms with Crippen molar-refractivity contribution in [2.75, 3.05) is 0 Å². The maximum Gasteiger partial charge on any atom is 0.183 e. The van der Waals surface area contributed by atoms with E-state index >= 15 is 0 Å². The molecule has 0 aliphatic heterocycles. The quantitative estimate of drug-likeness (QED) is 0.538. The van der Waals surface area contributed by atoms with Crippen molar-refractivity contribution in [3.05, 3.63) is 5.82 Å². The maximum atomic E-state index is 12.1. The van der Waals surface area contributed by atoms with Crippen molar-refractivity contribution >= 4 is 0 Å². The molecular weight excluding hydrogens is 135 g/mol. The number of aromatic nitrogens is 4. The van der Waals surface area contributed by atoms with Crippen LogP contribution in [-0.4, -0.2) is 20.4 Å². The highest BCUT2D eigenvalue weighted by atomic mass is 19.2. The Bertz CT molecular complexity index is 224. The number of hydrogen-bond donors (Lipinski definition) is 0. The van der Waals surface area contributed by atoms with Crippen LogP contribution in [0.25, 0.3) is 0 Å². The van der Waals surface area contributed by atoms with E-state index in [1.165, 1.54) is 0 Å². The van der Waals surface area contributed by atoms with Gasteiger partial charge in [-0.1, -0.05) is 25.3 Å². The zero-order valence-corrected chi connectivity index (χ0v) is 6.17. The summed E-state index contributed by atoms with van der Waals surface area (Å²) < 4.78 is 12.1. The van der Waals surface area contributed by atoms with E-state index < -0.39 is 0 Å². The highest BCUT2D eigenvalue weighted by Gasteiger charge is 2.19. The van der Waals surface area contributed by atoms with Crippen LogP contribution in [0.2, 0.25) is 0 Å². The fraction of sp³-hybridized carbons (Fsp3) is 0.800. The van der Waals surface area contributed by atoms with Crippen LogP contribution in [0.15, 0.2) is 0 Å². The molecular formula is C5H9FN4. The topological polar surface area (TPSA) is 43.6 Å². The summed E-state index contributed by atoms with van der Waals surface area (Å²) in [6, 6.07) is 0. The average Bonchev–Trinajstić information content (AvgIpc) is 2.11. The zero-order chi connectivity index (χ0) is 7.78. The van der Waals surface area contributed by atoms with Gasteiger partial charge in [-0.15, -0.1) is 10.2 Å². The van der Waals surface area contributed by atoms with Gasteiger partial charge >= 0.3 is 0 Å². The van der Waals surface area contributed by atoms with E-state index in [1.807, 2.05) is 20.8 Å². The first kappa shape index (κ1) is 7.11. The predicted octanol–water partition coefficient (Wildman–Crippen LogP) is 0.703. The van der Waals surface area contributed by atoms with Gasteiger partial charge in [-0.3, -0.25) is 0 Å². The Balaban J connectivity index is 2.96. The summed E-state index contributed by atoms with van der Waals surface area (Å²) in [4.78, 5) is 0. The third-order valence-corrected chi connectivity index (χ3v) is 1.06. The Hall–Kier alpha value is -1.00. The van der Waals surface area contributed by atoms with Gasteiger partial charge in [-0.25, -0.2) is 0 Å². The molecule has 0 fully saturated rings. The Labute approximate surface area is 58.0 Å². The maximum absolute atomic E-state index is 12.1. The predicted molar refractivity (Wildman–Crippen MR) is 33.0 cm³/mol. The minimum Gasteiger partial charge on any atom is -0.110 e. The number of nitrogens with zero attached hydrogens (tertiary/aromatic N) is 4. The summed E-state index contributed by atoms with van der Waals surface area (Å²) in [5.41, 5.74) is -0.232. The average molecular weight is 144 g/mol. The van der Waals surface area contributed by atoms with Gasteiger partial charge in [0, 0.05) is 10.4 Å². The summed E-state index contributed by atoms with van der Waals surface area (Å²) in [5.74, 6) is 0.412. The summed E-state index contributed by atoms with van der Waals surface area (Å²) in [6.45, 7) is 5.68. The molecule has 0 aromatic carbocycles. The second-order valence-electron chi connectivity index (χ2n) is 3.10. The normalized spacial score (nSPS) is 12.0. The first-order valence-electron chi connectivity index (χ1n) is 2.97. The van der Waals surface area contributed by atoms with E-state index in [1.54, 1.807) is 0 Å². The molecule has 0 bridgehead atoms. The van der Waals surface area contributed by atoms with Crippen LogP contribution in [0, 0.1) is 0 Å². The largest absolute Gasteiger partial charge is 0.183 e. The van der Waals surface area contributed by atoms with Gasteiger partial charge in [0.1, 0.15) is 0 Å². The fourth-order valence-corrected chi connectivity index (χ4v) is 0.497. The molecule has 0 aliphatic rings. The second-order valence-corrected chi connectivity index (χ2v) is 3.10. The lowest BCUT2D eigenvalue weighted by molar-refractivity contribution is 0.255. The molecule has 4 nitrogen and oxygen atoms in total. The van der Waals surface area contributed by atoms with E-state index in [0.717, 1.165) is 0 Å². The third-order valence-electron chi connectivity index (χ3n) is 1.06. The van der Waals surface area contributed by atoms with Crippen molar-refractivity contribution in [2.24, 2.45) is 0 Å². The van der Waals surface area contributed by atoms with Crippen LogP contribution in [0.5, 0.6) is 0 Å². The summed E-state index contributed by atoms with van der Waals surface area (Å²) in [5, 5.41) is 9.97. The molecule has 10 heavy (non-hydrogen) atoms. The van der Waals surface area contributed by atoms with Crippen molar-refractivity contribution in [3.63, 3.8) is 0 Å². The molecule has 0 radical (unpaired) electrons. The van der Waals surface area contributed by atoms with Crippen molar-refractivity contribution in [3.8, 4) is 0 Å². The van der Waals surface area contributed by atoms with Crippen LogP contribution < -0.4 is 0 Å². The monoisotopic (exact) mass is 144 g/mol. The molecule has 1 aromatic heterocycles. The van der Waals surface area contributed by atoms with Gasteiger partial charge in [0.25, 0.3) is 0 Å². The standard InChI is InChI=1S/C5H9FN4/c1-5(2,3)4-7-9-10(6)8-4/h1-3H3. The molecule has 0 saturated carbocycles. The van der Waals surface area contributed by atoms with Gasteiger partial charge in [-0.05, 0) is 5.21 Å². The van der Waals surface area contributed by atoms with Crippen LogP contribution in [0.1, 0.15) is 26.6 Å². The SMILES string of the molecule is CC(C)(C)c1nnn(F)n1. The molecule has 0 saturated heterocycles. The van der Waals surface area contributed by atoms with E-state index in [2.05, 4.69) is 15.4 Å². The van der Waals surface area contributed by atoms with E-state index in [0.29, 0.717) is 5.82 Å². The van der Waals surface area contributed by atoms with Crippen molar-refractivity contribution < 1.29 is 4.48 Å². The number of rotatable bonds is 0. The Morgan fingerprint density at radius 3 is 2.20 bits per heavy atom. The van der Waals surface area contributed by atoms with Crippen LogP contribution >= 0.6 is 0 Å². The molecule has 0 spiro atoms. The molecule has 0 amide bonds. The van der Waals surface area contributed by atoms with Crippen LogP contribution in [-0.2, 0) is 5.41 Å². The Morgan fingerprint density at radius 2 is 2.00 bits per heavy atom. The lowest BCUT2D eigenvalue weighted by atomic mass is 9.96. The van der Waals surface area contributed by atoms with Gasteiger partial charge in [0.15, 0.2) is 5.82 Å². The number of halogens is 1. The molecule has 5 heteroatoms. The van der Waals surface area contributed by atoms with E-state index in [4.69, 9.17) is 0 Å². The van der Waals surface area contributed by atoms with E-state index in [9.17, 15) is 4.48 Å². The van der Waals surface area contributed by atoms with Crippen molar-refractivity contribution in [2.45, 2.75) is 26.2 Å². The summed E-state index contributed by atoms with van der Waals surface area (Å²) in [6.07, 6.45) is 0. The number of tetrazole rings is 1. The Kier molecular flexibility index (Phi) is 1.42. The highest BCUT2D eigenvalue weighted by molar-refractivity contribution is 4.95. The van der Waals surface area contributed by atoms with Gasteiger partial charge in [0.05, 0.1) is 0 Å². The van der Waals surface area contributed by atoms with Crippen molar-refractivity contribution in [1.82, 2.24) is 20.4 Å². The summed E-state index contributed by atoms with van der Waals surface area (Å²) in [7, 11) is 0. The lowest BCUT2D eigenvalue weighted by Gasteiger charge is -2.10. The summed E-state index contributed by atoms with van der Waals surface area (Å²) >= 11 is 0. The zero-order valence-electron chi connectivity index (χ0n) is 6.17. The molecule has 0 aliphatic carbocycles. The fourth-order valence-electron chi connectivity index (χ4n) is 0.497. The molecule has 1 aromatic rings. The van der Waals surface area contributed by atoms with Crippen LogP contribution in [0.3, 0.4) is 0 Å². The molecule has 0 atom stereocenters. The number of hydrogen-bond acceptors (Lipinski definition) is 3.